The Morgan fingerprint density at radius 2 is 2.00 bits per heavy atom. The number of nitrogens with one attached hydrogen (secondary N) is 1. The van der Waals surface area contributed by atoms with E-state index in [0.29, 0.717) is 33.2 Å². The van der Waals surface area contributed by atoms with Crippen LogP contribution in [-0.2, 0) is 11.4 Å². The SMILES string of the molecule is COc1cccc(OCc2nnc(SCC(=O)Nc3c(C)cc(C)cc3Cl)n2N)c1. The van der Waals surface area contributed by atoms with Gasteiger partial charge in [0.25, 0.3) is 0 Å². The molecular formula is C20H22ClN5O3S. The monoisotopic (exact) mass is 447 g/mol. The number of rotatable bonds is 8. The molecule has 3 rings (SSSR count). The number of methoxy groups -OCH3 is 1. The summed E-state index contributed by atoms with van der Waals surface area (Å²) in [4.78, 5) is 12.3. The van der Waals surface area contributed by atoms with Crippen LogP contribution in [0.4, 0.5) is 5.69 Å². The molecule has 0 spiro atoms. The van der Waals surface area contributed by atoms with Crippen LogP contribution in [0.2, 0.25) is 5.02 Å². The van der Waals surface area contributed by atoms with Gasteiger partial charge in [0, 0.05) is 6.07 Å². The number of anilines is 1. The maximum absolute atomic E-state index is 12.3. The number of hydrogen-bond acceptors (Lipinski definition) is 7. The average Bonchev–Trinajstić information content (AvgIpc) is 3.07. The summed E-state index contributed by atoms with van der Waals surface area (Å²) in [5.74, 6) is 7.67. The molecule has 0 radical (unpaired) electrons. The minimum absolute atomic E-state index is 0.107. The number of carbonyl (C=O) groups is 1. The van der Waals surface area contributed by atoms with Gasteiger partial charge in [0.15, 0.2) is 5.82 Å². The standard InChI is InChI=1S/C20H22ClN5O3S/c1-12-7-13(2)19(16(21)8-12)23-18(27)11-30-20-25-24-17(26(20)22)10-29-15-6-4-5-14(9-15)28-3/h4-9H,10-11,22H2,1-3H3,(H,23,27). The van der Waals surface area contributed by atoms with E-state index in [9.17, 15) is 4.79 Å². The summed E-state index contributed by atoms with van der Waals surface area (Å²) in [5, 5.41) is 11.8. The fourth-order valence-corrected chi connectivity index (χ4v) is 3.77. The Hall–Kier alpha value is -2.91. The van der Waals surface area contributed by atoms with Gasteiger partial charge in [-0.15, -0.1) is 10.2 Å². The van der Waals surface area contributed by atoms with Crippen LogP contribution < -0.4 is 20.6 Å². The molecule has 3 aromatic rings. The van der Waals surface area contributed by atoms with Crippen LogP contribution >= 0.6 is 23.4 Å². The van der Waals surface area contributed by atoms with Gasteiger partial charge < -0.3 is 20.6 Å². The second kappa shape index (κ2) is 9.73. The number of nitrogen functional groups attached to an aromatic ring is 1. The number of thioether (sulfide) groups is 1. The lowest BCUT2D eigenvalue weighted by atomic mass is 10.1. The summed E-state index contributed by atoms with van der Waals surface area (Å²) in [6.07, 6.45) is 0. The highest BCUT2D eigenvalue weighted by atomic mass is 35.5. The van der Waals surface area contributed by atoms with Gasteiger partial charge >= 0.3 is 0 Å². The number of aryl methyl sites for hydroxylation is 2. The van der Waals surface area contributed by atoms with Gasteiger partial charge in [0.1, 0.15) is 18.1 Å². The van der Waals surface area contributed by atoms with E-state index in [-0.39, 0.29) is 18.3 Å². The highest BCUT2D eigenvalue weighted by molar-refractivity contribution is 7.99. The minimum atomic E-state index is -0.217. The molecule has 8 nitrogen and oxygen atoms in total. The summed E-state index contributed by atoms with van der Waals surface area (Å²) in [5.41, 5.74) is 2.54. The van der Waals surface area contributed by atoms with E-state index in [2.05, 4.69) is 15.5 Å². The van der Waals surface area contributed by atoms with Crippen LogP contribution in [0.15, 0.2) is 41.6 Å². The van der Waals surface area contributed by atoms with Crippen LogP contribution in [0.5, 0.6) is 11.5 Å². The van der Waals surface area contributed by atoms with E-state index in [1.54, 1.807) is 19.2 Å². The molecule has 2 aromatic carbocycles. The van der Waals surface area contributed by atoms with Crippen molar-refractivity contribution in [1.82, 2.24) is 14.9 Å². The molecule has 1 aromatic heterocycles. The van der Waals surface area contributed by atoms with Crippen LogP contribution in [0.25, 0.3) is 0 Å². The molecule has 0 aliphatic heterocycles. The molecule has 0 bridgehead atoms. The van der Waals surface area contributed by atoms with Gasteiger partial charge in [-0.25, -0.2) is 4.68 Å². The lowest BCUT2D eigenvalue weighted by Gasteiger charge is -2.11. The topological polar surface area (TPSA) is 104 Å². The Morgan fingerprint density at radius 1 is 1.23 bits per heavy atom. The van der Waals surface area contributed by atoms with Gasteiger partial charge in [0.2, 0.25) is 11.1 Å². The zero-order chi connectivity index (χ0) is 21.7. The highest BCUT2D eigenvalue weighted by Crippen LogP contribution is 2.28. The van der Waals surface area contributed by atoms with Crippen molar-refractivity contribution < 1.29 is 14.3 Å². The molecule has 1 heterocycles. The maximum atomic E-state index is 12.3. The van der Waals surface area contributed by atoms with Crippen molar-refractivity contribution >= 4 is 35.0 Å². The van der Waals surface area contributed by atoms with Crippen molar-refractivity contribution in [2.45, 2.75) is 25.6 Å². The Labute approximate surface area is 183 Å². The average molecular weight is 448 g/mol. The van der Waals surface area contributed by atoms with Gasteiger partial charge in [-0.2, -0.15) is 0 Å². The van der Waals surface area contributed by atoms with Crippen molar-refractivity contribution in [3.63, 3.8) is 0 Å². The van der Waals surface area contributed by atoms with E-state index in [1.165, 1.54) is 16.4 Å². The molecule has 0 aliphatic carbocycles. The number of ether oxygens (including phenoxy) is 2. The molecule has 1 amide bonds. The third kappa shape index (κ3) is 5.37. The van der Waals surface area contributed by atoms with E-state index in [4.69, 9.17) is 26.9 Å². The minimum Gasteiger partial charge on any atom is -0.497 e. The number of benzene rings is 2. The van der Waals surface area contributed by atoms with Crippen LogP contribution in [0, 0.1) is 13.8 Å². The molecule has 30 heavy (non-hydrogen) atoms. The summed E-state index contributed by atoms with van der Waals surface area (Å²) in [6.45, 7) is 3.97. The van der Waals surface area contributed by atoms with E-state index in [1.807, 2.05) is 38.1 Å². The van der Waals surface area contributed by atoms with Gasteiger partial charge in [0.05, 0.1) is 23.6 Å². The molecule has 0 saturated heterocycles. The first-order valence-corrected chi connectivity index (χ1v) is 10.4. The number of amides is 1. The molecule has 3 N–H and O–H groups in total. The van der Waals surface area contributed by atoms with Gasteiger partial charge in [-0.1, -0.05) is 35.5 Å². The molecule has 0 fully saturated rings. The van der Waals surface area contributed by atoms with Crippen molar-refractivity contribution in [3.8, 4) is 11.5 Å². The predicted octanol–water partition coefficient (Wildman–Crippen LogP) is 3.58. The first-order valence-electron chi connectivity index (χ1n) is 9.03. The fourth-order valence-electron chi connectivity index (χ4n) is 2.72. The fraction of sp³-hybridized carbons (Fsp3) is 0.250. The third-order valence-corrected chi connectivity index (χ3v) is 5.41. The Balaban J connectivity index is 1.56. The van der Waals surface area contributed by atoms with Gasteiger partial charge in [-0.3, -0.25) is 4.79 Å². The molecule has 0 atom stereocenters. The highest BCUT2D eigenvalue weighted by Gasteiger charge is 2.15. The smallest absolute Gasteiger partial charge is 0.234 e. The Kier molecular flexibility index (Phi) is 7.07. The number of nitrogens with zero attached hydrogens (tertiary/aromatic N) is 3. The summed E-state index contributed by atoms with van der Waals surface area (Å²) >= 11 is 7.41. The van der Waals surface area contributed by atoms with E-state index >= 15 is 0 Å². The summed E-state index contributed by atoms with van der Waals surface area (Å²) in [6, 6.07) is 11.0. The number of aromatic nitrogens is 3. The molecule has 0 aliphatic rings. The normalized spacial score (nSPS) is 10.7. The summed E-state index contributed by atoms with van der Waals surface area (Å²) in [7, 11) is 1.59. The quantitative estimate of drug-likeness (QED) is 0.401. The first kappa shape index (κ1) is 21.8. The lowest BCUT2D eigenvalue weighted by molar-refractivity contribution is -0.113. The largest absolute Gasteiger partial charge is 0.497 e. The van der Waals surface area contributed by atoms with E-state index in [0.717, 1.165) is 11.1 Å². The summed E-state index contributed by atoms with van der Waals surface area (Å²) < 4.78 is 12.2. The number of nitrogens with two attached hydrogens (primary N) is 1. The van der Waals surface area contributed by atoms with Crippen molar-refractivity contribution in [2.24, 2.45) is 0 Å². The number of carbonyl (C=O) groups excluding carboxylic acids is 1. The van der Waals surface area contributed by atoms with Crippen molar-refractivity contribution in [2.75, 3.05) is 24.0 Å². The second-order valence-electron chi connectivity index (χ2n) is 6.51. The predicted molar refractivity (Wildman–Crippen MR) is 118 cm³/mol. The number of halogens is 1. The van der Waals surface area contributed by atoms with Crippen LogP contribution in [-0.4, -0.2) is 33.6 Å². The number of hydrogen-bond donors (Lipinski definition) is 2. The molecule has 10 heteroatoms. The third-order valence-electron chi connectivity index (χ3n) is 4.17. The van der Waals surface area contributed by atoms with Crippen molar-refractivity contribution in [3.05, 3.63) is 58.4 Å². The van der Waals surface area contributed by atoms with Crippen LogP contribution in [0.3, 0.4) is 0 Å². The Morgan fingerprint density at radius 3 is 2.73 bits per heavy atom. The second-order valence-corrected chi connectivity index (χ2v) is 7.86. The molecule has 0 saturated carbocycles. The van der Waals surface area contributed by atoms with Crippen molar-refractivity contribution in [1.29, 1.82) is 0 Å². The van der Waals surface area contributed by atoms with Crippen LogP contribution in [0.1, 0.15) is 17.0 Å². The van der Waals surface area contributed by atoms with Gasteiger partial charge in [-0.05, 0) is 43.2 Å². The van der Waals surface area contributed by atoms with E-state index < -0.39 is 0 Å². The molecule has 0 unspecified atom stereocenters. The molecular weight excluding hydrogens is 426 g/mol. The molecule has 158 valence electrons. The first-order chi connectivity index (χ1) is 14.4. The zero-order valence-electron chi connectivity index (χ0n) is 16.8. The zero-order valence-corrected chi connectivity index (χ0v) is 18.4. The maximum Gasteiger partial charge on any atom is 0.234 e. The Bertz CT molecular complexity index is 1030. The lowest BCUT2D eigenvalue weighted by Crippen LogP contribution is -2.18.